The van der Waals surface area contributed by atoms with E-state index in [9.17, 15) is 13.6 Å². The Morgan fingerprint density at radius 3 is 2.63 bits per heavy atom. The first-order valence-corrected chi connectivity index (χ1v) is 5.50. The molecule has 0 saturated heterocycles. The second-order valence-corrected chi connectivity index (χ2v) is 3.76. The molecule has 4 nitrogen and oxygen atoms in total. The minimum absolute atomic E-state index is 0.187. The van der Waals surface area contributed by atoms with E-state index in [1.165, 1.54) is 18.3 Å². The number of anilines is 2. The van der Waals surface area contributed by atoms with Crippen molar-refractivity contribution in [3.8, 4) is 0 Å². The Morgan fingerprint density at radius 1 is 1.16 bits per heavy atom. The zero-order valence-electron chi connectivity index (χ0n) is 10.1. The molecule has 0 unspecified atom stereocenters. The molecule has 19 heavy (non-hydrogen) atoms. The van der Waals surface area contributed by atoms with Crippen LogP contribution in [0.5, 0.6) is 0 Å². The van der Waals surface area contributed by atoms with Gasteiger partial charge in [-0.25, -0.2) is 13.8 Å². The van der Waals surface area contributed by atoms with Gasteiger partial charge in [-0.3, -0.25) is 4.79 Å². The van der Waals surface area contributed by atoms with Gasteiger partial charge in [0.2, 0.25) is 0 Å². The fraction of sp³-hybridized carbons (Fsp3) is 0.0769. The van der Waals surface area contributed by atoms with Gasteiger partial charge in [-0.15, -0.1) is 0 Å². The molecule has 1 aromatic carbocycles. The van der Waals surface area contributed by atoms with Gasteiger partial charge < -0.3 is 10.6 Å². The monoisotopic (exact) mass is 263 g/mol. The quantitative estimate of drug-likeness (QED) is 0.895. The van der Waals surface area contributed by atoms with E-state index in [1.807, 2.05) is 0 Å². The molecule has 0 atom stereocenters. The summed E-state index contributed by atoms with van der Waals surface area (Å²) >= 11 is 0. The molecule has 0 bridgehead atoms. The zero-order chi connectivity index (χ0) is 13.8. The first-order valence-electron chi connectivity index (χ1n) is 5.50. The Kier molecular flexibility index (Phi) is 3.70. The topological polar surface area (TPSA) is 54.0 Å². The molecule has 0 saturated carbocycles. The number of hydrogen-bond acceptors (Lipinski definition) is 3. The fourth-order valence-corrected chi connectivity index (χ4v) is 1.49. The minimum Gasteiger partial charge on any atom is -0.373 e. The van der Waals surface area contributed by atoms with Gasteiger partial charge in [0.15, 0.2) is 11.6 Å². The van der Waals surface area contributed by atoms with Gasteiger partial charge in [-0.1, -0.05) is 0 Å². The number of carbonyl (C=O) groups is 1. The second kappa shape index (κ2) is 5.43. The highest BCUT2D eigenvalue weighted by Crippen LogP contribution is 2.15. The van der Waals surface area contributed by atoms with Gasteiger partial charge in [0.1, 0.15) is 5.82 Å². The predicted molar refractivity (Wildman–Crippen MR) is 68.1 cm³/mol. The van der Waals surface area contributed by atoms with E-state index in [1.54, 1.807) is 13.1 Å². The summed E-state index contributed by atoms with van der Waals surface area (Å²) in [7, 11) is 1.68. The standard InChI is InChI=1S/C13H11F2N3O/c1-16-12-6-8(4-5-17-12)13(19)18-9-2-3-10(14)11(15)7-9/h2-7H,1H3,(H,16,17)(H,18,19). The first-order chi connectivity index (χ1) is 9.10. The molecule has 0 fully saturated rings. The van der Waals surface area contributed by atoms with Gasteiger partial charge in [0, 0.05) is 30.6 Å². The van der Waals surface area contributed by atoms with Crippen LogP contribution in [0.1, 0.15) is 10.4 Å². The number of carbonyl (C=O) groups excluding carboxylic acids is 1. The molecule has 0 aliphatic carbocycles. The van der Waals surface area contributed by atoms with Crippen LogP contribution in [0.2, 0.25) is 0 Å². The van der Waals surface area contributed by atoms with E-state index in [0.717, 1.165) is 12.1 Å². The lowest BCUT2D eigenvalue weighted by Gasteiger charge is -2.06. The third kappa shape index (κ3) is 3.04. The number of hydrogen-bond donors (Lipinski definition) is 2. The number of aromatic nitrogens is 1. The molecule has 2 N–H and O–H groups in total. The van der Waals surface area contributed by atoms with Crippen molar-refractivity contribution in [3.63, 3.8) is 0 Å². The lowest BCUT2D eigenvalue weighted by Crippen LogP contribution is -2.12. The average molecular weight is 263 g/mol. The highest BCUT2D eigenvalue weighted by Gasteiger charge is 2.09. The minimum atomic E-state index is -1.01. The number of amides is 1. The summed E-state index contributed by atoms with van der Waals surface area (Å²) in [6.45, 7) is 0. The van der Waals surface area contributed by atoms with Crippen molar-refractivity contribution in [2.24, 2.45) is 0 Å². The number of nitrogens with zero attached hydrogens (tertiary/aromatic N) is 1. The largest absolute Gasteiger partial charge is 0.373 e. The molecule has 0 spiro atoms. The van der Waals surface area contributed by atoms with Crippen LogP contribution in [-0.2, 0) is 0 Å². The second-order valence-electron chi connectivity index (χ2n) is 3.76. The van der Waals surface area contributed by atoms with Crippen molar-refractivity contribution in [2.75, 3.05) is 17.7 Å². The summed E-state index contributed by atoms with van der Waals surface area (Å²) in [5, 5.41) is 5.28. The van der Waals surface area contributed by atoms with Crippen molar-refractivity contribution in [1.29, 1.82) is 0 Å². The molecule has 0 aliphatic heterocycles. The maximum absolute atomic E-state index is 13.0. The van der Waals surface area contributed by atoms with Crippen LogP contribution in [0, 0.1) is 11.6 Å². The van der Waals surface area contributed by atoms with Crippen LogP contribution in [0.25, 0.3) is 0 Å². The van der Waals surface area contributed by atoms with Gasteiger partial charge in [-0.2, -0.15) is 0 Å². The van der Waals surface area contributed by atoms with E-state index in [2.05, 4.69) is 15.6 Å². The fourth-order valence-electron chi connectivity index (χ4n) is 1.49. The molecule has 2 aromatic rings. The van der Waals surface area contributed by atoms with Crippen LogP contribution in [0.15, 0.2) is 36.5 Å². The van der Waals surface area contributed by atoms with Crippen molar-refractivity contribution in [1.82, 2.24) is 4.98 Å². The smallest absolute Gasteiger partial charge is 0.255 e. The SMILES string of the molecule is CNc1cc(C(=O)Nc2ccc(F)c(F)c2)ccn1. The van der Waals surface area contributed by atoms with Crippen LogP contribution in [0.4, 0.5) is 20.3 Å². The number of rotatable bonds is 3. The molecule has 2 rings (SSSR count). The van der Waals surface area contributed by atoms with Crippen molar-refractivity contribution in [3.05, 3.63) is 53.7 Å². The van der Waals surface area contributed by atoms with E-state index in [0.29, 0.717) is 11.4 Å². The maximum Gasteiger partial charge on any atom is 0.255 e. The van der Waals surface area contributed by atoms with E-state index >= 15 is 0 Å². The Balaban J connectivity index is 2.18. The highest BCUT2D eigenvalue weighted by molar-refractivity contribution is 6.04. The maximum atomic E-state index is 13.0. The van der Waals surface area contributed by atoms with Crippen molar-refractivity contribution >= 4 is 17.4 Å². The van der Waals surface area contributed by atoms with E-state index in [-0.39, 0.29) is 5.69 Å². The summed E-state index contributed by atoms with van der Waals surface area (Å²) in [5.41, 5.74) is 0.552. The predicted octanol–water partition coefficient (Wildman–Crippen LogP) is 2.65. The third-order valence-corrected chi connectivity index (χ3v) is 2.46. The summed E-state index contributed by atoms with van der Waals surface area (Å²) in [5.74, 6) is -1.86. The van der Waals surface area contributed by atoms with Crippen LogP contribution < -0.4 is 10.6 Å². The highest BCUT2D eigenvalue weighted by atomic mass is 19.2. The summed E-state index contributed by atoms with van der Waals surface area (Å²) in [6, 6.07) is 6.24. The molecule has 0 radical (unpaired) electrons. The normalized spacial score (nSPS) is 10.1. The molecule has 6 heteroatoms. The number of benzene rings is 1. The molecule has 1 amide bonds. The third-order valence-electron chi connectivity index (χ3n) is 2.46. The molecular formula is C13H11F2N3O. The Labute approximate surface area is 108 Å². The lowest BCUT2D eigenvalue weighted by atomic mass is 10.2. The molecule has 1 aromatic heterocycles. The number of pyridine rings is 1. The van der Waals surface area contributed by atoms with Gasteiger partial charge in [0.05, 0.1) is 0 Å². The molecule has 98 valence electrons. The van der Waals surface area contributed by atoms with Crippen LogP contribution in [0.3, 0.4) is 0 Å². The van der Waals surface area contributed by atoms with E-state index in [4.69, 9.17) is 0 Å². The van der Waals surface area contributed by atoms with Gasteiger partial charge >= 0.3 is 0 Å². The Hall–Kier alpha value is -2.50. The van der Waals surface area contributed by atoms with Gasteiger partial charge in [0.25, 0.3) is 5.91 Å². The Bertz CT molecular complexity index is 617. The average Bonchev–Trinajstić information content (AvgIpc) is 2.43. The molecule has 1 heterocycles. The molecular weight excluding hydrogens is 252 g/mol. The Morgan fingerprint density at radius 2 is 1.95 bits per heavy atom. The van der Waals surface area contributed by atoms with Crippen LogP contribution in [-0.4, -0.2) is 17.9 Å². The summed E-state index contributed by atoms with van der Waals surface area (Å²) in [6.07, 6.45) is 1.48. The number of halogens is 2. The first kappa shape index (κ1) is 12.9. The summed E-state index contributed by atoms with van der Waals surface area (Å²) in [4.78, 5) is 15.9. The number of nitrogens with one attached hydrogen (secondary N) is 2. The van der Waals surface area contributed by atoms with E-state index < -0.39 is 17.5 Å². The van der Waals surface area contributed by atoms with Crippen molar-refractivity contribution in [2.45, 2.75) is 0 Å². The lowest BCUT2D eigenvalue weighted by molar-refractivity contribution is 0.102. The van der Waals surface area contributed by atoms with Crippen molar-refractivity contribution < 1.29 is 13.6 Å². The van der Waals surface area contributed by atoms with Gasteiger partial charge in [-0.05, 0) is 24.3 Å². The molecule has 0 aliphatic rings. The summed E-state index contributed by atoms with van der Waals surface area (Å²) < 4.78 is 25.8. The van der Waals surface area contributed by atoms with Crippen LogP contribution >= 0.6 is 0 Å². The zero-order valence-corrected chi connectivity index (χ0v) is 10.1.